The number of carboxylic acid groups (broad SMARTS) is 1. The summed E-state index contributed by atoms with van der Waals surface area (Å²) in [7, 11) is 0. The average Bonchev–Trinajstić information content (AvgIpc) is 3.25. The molecule has 128 valence electrons. The zero-order chi connectivity index (χ0) is 17.4. The Morgan fingerprint density at radius 3 is 2.58 bits per heavy atom. The van der Waals surface area contributed by atoms with Crippen molar-refractivity contribution in [3.8, 4) is 0 Å². The standard InChI is InChI=1S/C16H19N3O5/c1-9-7-18(8-12(9)16(21)22)15(20)10-2-5-13(17-11-3-4-11)14(6-10)19(23)24/h2,5-6,9,11-12,17H,3-4,7-8H2,1H3,(H,21,22)/t9-,12-/m1/s1. The number of carboxylic acids is 1. The van der Waals surface area contributed by atoms with Gasteiger partial charge in [-0.15, -0.1) is 0 Å². The van der Waals surface area contributed by atoms with Crippen molar-refractivity contribution in [2.45, 2.75) is 25.8 Å². The van der Waals surface area contributed by atoms with Crippen LogP contribution in [0.5, 0.6) is 0 Å². The minimum absolute atomic E-state index is 0.130. The highest BCUT2D eigenvalue weighted by Gasteiger charge is 2.37. The summed E-state index contributed by atoms with van der Waals surface area (Å²) < 4.78 is 0. The highest BCUT2D eigenvalue weighted by molar-refractivity contribution is 5.96. The molecule has 1 amide bonds. The fourth-order valence-electron chi connectivity index (χ4n) is 3.02. The molecular formula is C16H19N3O5. The maximum Gasteiger partial charge on any atom is 0.308 e. The minimum atomic E-state index is -0.923. The number of anilines is 1. The molecule has 0 unspecified atom stereocenters. The van der Waals surface area contributed by atoms with Crippen LogP contribution < -0.4 is 5.32 Å². The summed E-state index contributed by atoms with van der Waals surface area (Å²) in [4.78, 5) is 36.0. The molecule has 2 N–H and O–H groups in total. The number of amides is 1. The third-order valence-corrected chi connectivity index (χ3v) is 4.60. The number of nitro groups is 1. The summed E-state index contributed by atoms with van der Waals surface area (Å²) in [5.41, 5.74) is 0.494. The van der Waals surface area contributed by atoms with Crippen molar-refractivity contribution in [3.63, 3.8) is 0 Å². The lowest BCUT2D eigenvalue weighted by molar-refractivity contribution is -0.384. The van der Waals surface area contributed by atoms with E-state index in [9.17, 15) is 19.7 Å². The molecule has 1 aliphatic carbocycles. The first-order valence-electron chi connectivity index (χ1n) is 7.94. The molecule has 1 aromatic rings. The number of nitrogens with zero attached hydrogens (tertiary/aromatic N) is 2. The number of carbonyl (C=O) groups is 2. The van der Waals surface area contributed by atoms with Crippen LogP contribution in [-0.4, -0.2) is 45.9 Å². The minimum Gasteiger partial charge on any atom is -0.481 e. The van der Waals surface area contributed by atoms with Crippen LogP contribution in [0.15, 0.2) is 18.2 Å². The molecule has 0 bridgehead atoms. The molecule has 1 aromatic carbocycles. The van der Waals surface area contributed by atoms with E-state index in [4.69, 9.17) is 5.11 Å². The first kappa shape index (κ1) is 16.2. The maximum atomic E-state index is 12.6. The molecule has 2 aliphatic rings. The van der Waals surface area contributed by atoms with E-state index in [2.05, 4.69) is 5.32 Å². The smallest absolute Gasteiger partial charge is 0.308 e. The average molecular weight is 333 g/mol. The number of nitro benzene ring substituents is 1. The van der Waals surface area contributed by atoms with Gasteiger partial charge in [-0.2, -0.15) is 0 Å². The second-order valence-corrected chi connectivity index (χ2v) is 6.54. The predicted octanol–water partition coefficient (Wildman–Crippen LogP) is 1.96. The highest BCUT2D eigenvalue weighted by Crippen LogP contribution is 2.32. The van der Waals surface area contributed by atoms with Crippen LogP contribution in [0.3, 0.4) is 0 Å². The third kappa shape index (κ3) is 3.17. The fourth-order valence-corrected chi connectivity index (χ4v) is 3.02. The largest absolute Gasteiger partial charge is 0.481 e. The van der Waals surface area contributed by atoms with E-state index in [0.29, 0.717) is 12.2 Å². The summed E-state index contributed by atoms with van der Waals surface area (Å²) >= 11 is 0. The Labute approximate surface area is 138 Å². The number of carbonyl (C=O) groups excluding carboxylic acids is 1. The molecule has 8 nitrogen and oxygen atoms in total. The Balaban J connectivity index is 1.81. The fraction of sp³-hybridized carbons (Fsp3) is 0.500. The van der Waals surface area contributed by atoms with Crippen molar-refractivity contribution in [3.05, 3.63) is 33.9 Å². The van der Waals surface area contributed by atoms with Gasteiger partial charge in [-0.05, 0) is 30.9 Å². The summed E-state index contributed by atoms with van der Waals surface area (Å²) in [6, 6.07) is 4.64. The van der Waals surface area contributed by atoms with Gasteiger partial charge in [0.2, 0.25) is 0 Å². The zero-order valence-electron chi connectivity index (χ0n) is 13.3. The van der Waals surface area contributed by atoms with Crippen molar-refractivity contribution in [1.29, 1.82) is 0 Å². The Morgan fingerprint density at radius 2 is 2.04 bits per heavy atom. The van der Waals surface area contributed by atoms with Crippen LogP contribution in [0.1, 0.15) is 30.1 Å². The van der Waals surface area contributed by atoms with E-state index in [1.807, 2.05) is 0 Å². The zero-order valence-corrected chi connectivity index (χ0v) is 13.3. The molecule has 2 atom stereocenters. The molecule has 1 saturated carbocycles. The molecule has 1 aliphatic heterocycles. The Morgan fingerprint density at radius 1 is 1.33 bits per heavy atom. The molecule has 1 heterocycles. The quantitative estimate of drug-likeness (QED) is 0.629. The van der Waals surface area contributed by atoms with Crippen molar-refractivity contribution in [2.75, 3.05) is 18.4 Å². The van der Waals surface area contributed by atoms with Crippen LogP contribution in [0.4, 0.5) is 11.4 Å². The molecule has 2 fully saturated rings. The topological polar surface area (TPSA) is 113 Å². The molecule has 0 radical (unpaired) electrons. The van der Waals surface area contributed by atoms with E-state index in [1.165, 1.54) is 11.0 Å². The number of nitrogens with one attached hydrogen (secondary N) is 1. The first-order valence-corrected chi connectivity index (χ1v) is 7.94. The van der Waals surface area contributed by atoms with E-state index in [0.717, 1.165) is 12.8 Å². The number of hydrogen-bond donors (Lipinski definition) is 2. The van der Waals surface area contributed by atoms with Gasteiger partial charge in [-0.25, -0.2) is 0 Å². The van der Waals surface area contributed by atoms with Crippen LogP contribution in [0, 0.1) is 22.0 Å². The van der Waals surface area contributed by atoms with Crippen LogP contribution >= 0.6 is 0 Å². The number of benzene rings is 1. The van der Waals surface area contributed by atoms with Crippen LogP contribution in [0.25, 0.3) is 0 Å². The first-order chi connectivity index (χ1) is 11.4. The summed E-state index contributed by atoms with van der Waals surface area (Å²) in [6.07, 6.45) is 1.97. The lowest BCUT2D eigenvalue weighted by atomic mass is 9.99. The molecule has 1 saturated heterocycles. The molecule has 0 spiro atoms. The second kappa shape index (κ2) is 6.10. The van der Waals surface area contributed by atoms with Gasteiger partial charge in [0.25, 0.3) is 11.6 Å². The Bertz CT molecular complexity index is 701. The summed E-state index contributed by atoms with van der Waals surface area (Å²) in [6.45, 7) is 2.26. The van der Waals surface area contributed by atoms with Crippen molar-refractivity contribution < 1.29 is 19.6 Å². The van der Waals surface area contributed by atoms with E-state index in [1.54, 1.807) is 19.1 Å². The monoisotopic (exact) mass is 333 g/mol. The molecule has 0 aromatic heterocycles. The third-order valence-electron chi connectivity index (χ3n) is 4.60. The SMILES string of the molecule is C[C@@H]1CN(C(=O)c2ccc(NC3CC3)c([N+](=O)[O-])c2)C[C@H]1C(=O)O. The number of likely N-dealkylation sites (tertiary alicyclic amines) is 1. The number of rotatable bonds is 5. The van der Waals surface area contributed by atoms with E-state index in [-0.39, 0.29) is 35.7 Å². The lowest BCUT2D eigenvalue weighted by Crippen LogP contribution is -2.30. The van der Waals surface area contributed by atoms with Crippen molar-refractivity contribution in [1.82, 2.24) is 4.90 Å². The van der Waals surface area contributed by atoms with E-state index >= 15 is 0 Å². The van der Waals surface area contributed by atoms with Gasteiger partial charge in [-0.3, -0.25) is 19.7 Å². The van der Waals surface area contributed by atoms with Gasteiger partial charge < -0.3 is 15.3 Å². The molecule has 8 heteroatoms. The van der Waals surface area contributed by atoms with Gasteiger partial charge >= 0.3 is 5.97 Å². The maximum absolute atomic E-state index is 12.6. The Hall–Kier alpha value is -2.64. The molecule has 24 heavy (non-hydrogen) atoms. The van der Waals surface area contributed by atoms with E-state index < -0.39 is 16.8 Å². The van der Waals surface area contributed by atoms with Gasteiger partial charge in [0.1, 0.15) is 5.69 Å². The van der Waals surface area contributed by atoms with Crippen LogP contribution in [0.2, 0.25) is 0 Å². The van der Waals surface area contributed by atoms with Crippen LogP contribution in [-0.2, 0) is 4.79 Å². The van der Waals surface area contributed by atoms with Gasteiger partial charge in [0.05, 0.1) is 10.8 Å². The van der Waals surface area contributed by atoms with Gasteiger partial charge in [0.15, 0.2) is 0 Å². The van der Waals surface area contributed by atoms with Crippen molar-refractivity contribution in [2.24, 2.45) is 11.8 Å². The van der Waals surface area contributed by atoms with Gasteiger partial charge in [-0.1, -0.05) is 6.92 Å². The molecular weight excluding hydrogens is 314 g/mol. The Kier molecular flexibility index (Phi) is 4.13. The number of aliphatic carboxylic acids is 1. The lowest BCUT2D eigenvalue weighted by Gasteiger charge is -2.16. The number of hydrogen-bond acceptors (Lipinski definition) is 5. The van der Waals surface area contributed by atoms with Crippen molar-refractivity contribution >= 4 is 23.3 Å². The second-order valence-electron chi connectivity index (χ2n) is 6.54. The summed E-state index contributed by atoms with van der Waals surface area (Å²) in [5.74, 6) is -2.03. The predicted molar refractivity (Wildman–Crippen MR) is 85.9 cm³/mol. The molecule has 3 rings (SSSR count). The normalized spacial score (nSPS) is 23.1. The summed E-state index contributed by atoms with van der Waals surface area (Å²) in [5, 5.41) is 23.5. The highest BCUT2D eigenvalue weighted by atomic mass is 16.6. The van der Waals surface area contributed by atoms with Gasteiger partial charge in [0, 0.05) is 30.8 Å².